The minimum atomic E-state index is -4.77. The highest BCUT2D eigenvalue weighted by molar-refractivity contribution is 6.06. The Balaban J connectivity index is 1.21. The molecule has 1 aromatic carbocycles. The van der Waals surface area contributed by atoms with Crippen molar-refractivity contribution < 1.29 is 32.7 Å². The number of aromatic nitrogens is 1. The van der Waals surface area contributed by atoms with E-state index < -0.39 is 41.1 Å². The number of fused-ring (bicyclic) bond motifs is 3. The molecule has 2 aromatic rings. The average Bonchev–Trinajstić information content (AvgIpc) is 3.57. The number of nitrogens with zero attached hydrogens (tertiary/aromatic N) is 2. The van der Waals surface area contributed by atoms with Crippen LogP contribution in [0.2, 0.25) is 0 Å². The van der Waals surface area contributed by atoms with Crippen LogP contribution in [-0.2, 0) is 32.6 Å². The summed E-state index contributed by atoms with van der Waals surface area (Å²) in [4.78, 5) is 44.2. The molecule has 1 saturated carbocycles. The standard InChI is InChI=1S/C27H28F3N5O4/c28-27(29,30)25(7-8-25)23(38)35(26(39)6-2-9-31-15-26)14-20(36)33-18-5-4-16-12-24(13-17(16)11-18)19-3-1-10-32-21(19)34-22(24)37/h1,3-5,10-11,31,39H,2,6-9,12-15H2,(H,33,36)(H,32,34,37)/t24-,26+/m1/s1. The molecule has 3 heterocycles. The van der Waals surface area contributed by atoms with Crippen LogP contribution in [0.1, 0.15) is 42.4 Å². The second kappa shape index (κ2) is 8.75. The van der Waals surface area contributed by atoms with Gasteiger partial charge < -0.3 is 26.0 Å². The quantitative estimate of drug-likeness (QED) is 0.429. The summed E-state index contributed by atoms with van der Waals surface area (Å²) in [5.74, 6) is -1.59. The van der Waals surface area contributed by atoms with Crippen molar-refractivity contribution in [2.75, 3.05) is 30.3 Å². The molecule has 0 unspecified atom stereocenters. The number of nitrogens with one attached hydrogen (secondary N) is 3. The Morgan fingerprint density at radius 1 is 1.13 bits per heavy atom. The molecule has 9 nitrogen and oxygen atoms in total. The SMILES string of the molecule is O=C(CN(C(=O)C1(C(F)(F)F)CC1)[C@]1(O)CCCNC1)Nc1ccc2c(c1)C[C@@]1(C2)C(=O)Nc2ncccc21. The number of halogens is 3. The Morgan fingerprint density at radius 3 is 2.59 bits per heavy atom. The first-order valence-corrected chi connectivity index (χ1v) is 13.0. The largest absolute Gasteiger partial charge is 0.403 e. The van der Waals surface area contributed by atoms with E-state index in [1.165, 1.54) is 0 Å². The van der Waals surface area contributed by atoms with Gasteiger partial charge in [0.1, 0.15) is 17.8 Å². The minimum absolute atomic E-state index is 0.0618. The average molecular weight is 544 g/mol. The highest BCUT2D eigenvalue weighted by Gasteiger charge is 2.70. The van der Waals surface area contributed by atoms with Crippen LogP contribution >= 0.6 is 0 Å². The number of hydrogen-bond acceptors (Lipinski definition) is 6. The Hall–Kier alpha value is -3.51. The minimum Gasteiger partial charge on any atom is -0.369 e. The lowest BCUT2D eigenvalue weighted by atomic mass is 9.79. The van der Waals surface area contributed by atoms with Crippen LogP contribution in [0.3, 0.4) is 0 Å². The van der Waals surface area contributed by atoms with Crippen LogP contribution in [0.5, 0.6) is 0 Å². The first kappa shape index (κ1) is 25.8. The molecule has 1 aromatic heterocycles. The zero-order valence-electron chi connectivity index (χ0n) is 21.0. The molecule has 3 amide bonds. The van der Waals surface area contributed by atoms with Gasteiger partial charge in [-0.05, 0) is 74.4 Å². The maximum Gasteiger partial charge on any atom is 0.403 e. The van der Waals surface area contributed by atoms with Gasteiger partial charge in [-0.3, -0.25) is 14.4 Å². The van der Waals surface area contributed by atoms with Crippen molar-refractivity contribution in [1.29, 1.82) is 0 Å². The third-order valence-corrected chi connectivity index (χ3v) is 8.55. The molecule has 206 valence electrons. The number of benzene rings is 1. The number of amides is 3. The Morgan fingerprint density at radius 2 is 1.90 bits per heavy atom. The number of hydrogen-bond donors (Lipinski definition) is 4. The predicted molar refractivity (Wildman–Crippen MR) is 134 cm³/mol. The maximum atomic E-state index is 13.8. The van der Waals surface area contributed by atoms with Gasteiger partial charge in [-0.2, -0.15) is 13.2 Å². The van der Waals surface area contributed by atoms with Gasteiger partial charge in [0, 0.05) is 24.0 Å². The van der Waals surface area contributed by atoms with Crippen molar-refractivity contribution in [3.63, 3.8) is 0 Å². The molecule has 1 saturated heterocycles. The fourth-order valence-electron chi connectivity index (χ4n) is 6.20. The zero-order valence-corrected chi connectivity index (χ0v) is 21.0. The number of carbonyl (C=O) groups excluding carboxylic acids is 3. The molecule has 12 heteroatoms. The predicted octanol–water partition coefficient (Wildman–Crippen LogP) is 2.25. The Labute approximate surface area is 222 Å². The fourth-order valence-corrected chi connectivity index (χ4v) is 6.20. The van der Waals surface area contributed by atoms with E-state index in [0.717, 1.165) is 16.7 Å². The topological polar surface area (TPSA) is 124 Å². The van der Waals surface area contributed by atoms with E-state index in [0.29, 0.717) is 42.2 Å². The third-order valence-electron chi connectivity index (χ3n) is 8.55. The lowest BCUT2D eigenvalue weighted by molar-refractivity contribution is -0.212. The molecule has 6 rings (SSSR count). The molecule has 39 heavy (non-hydrogen) atoms. The van der Waals surface area contributed by atoms with Crippen molar-refractivity contribution in [2.24, 2.45) is 5.41 Å². The molecule has 2 aliphatic heterocycles. The zero-order chi connectivity index (χ0) is 27.6. The summed E-state index contributed by atoms with van der Waals surface area (Å²) in [6, 6.07) is 8.87. The lowest BCUT2D eigenvalue weighted by Crippen LogP contribution is -2.63. The van der Waals surface area contributed by atoms with Crippen LogP contribution in [0, 0.1) is 5.41 Å². The Bertz CT molecular complexity index is 1370. The first-order chi connectivity index (χ1) is 18.5. The normalized spacial score (nSPS) is 26.5. The maximum absolute atomic E-state index is 13.8. The van der Waals surface area contributed by atoms with Gasteiger partial charge in [0.05, 0.1) is 5.41 Å². The summed E-state index contributed by atoms with van der Waals surface area (Å²) in [5, 5.41) is 19.6. The molecular weight excluding hydrogens is 515 g/mol. The van der Waals surface area contributed by atoms with Crippen LogP contribution in [0.25, 0.3) is 0 Å². The number of anilines is 2. The van der Waals surface area contributed by atoms with Gasteiger partial charge in [-0.15, -0.1) is 0 Å². The van der Waals surface area contributed by atoms with E-state index in [9.17, 15) is 32.7 Å². The monoisotopic (exact) mass is 543 g/mol. The van der Waals surface area contributed by atoms with Gasteiger partial charge in [-0.25, -0.2) is 4.98 Å². The van der Waals surface area contributed by atoms with E-state index >= 15 is 0 Å². The smallest absolute Gasteiger partial charge is 0.369 e. The highest BCUT2D eigenvalue weighted by Crippen LogP contribution is 2.59. The van der Waals surface area contributed by atoms with E-state index in [1.807, 2.05) is 12.1 Å². The van der Waals surface area contributed by atoms with Gasteiger partial charge in [-0.1, -0.05) is 12.1 Å². The summed E-state index contributed by atoms with van der Waals surface area (Å²) >= 11 is 0. The van der Waals surface area contributed by atoms with Crippen molar-refractivity contribution >= 4 is 29.2 Å². The summed E-state index contributed by atoms with van der Waals surface area (Å²) in [5.41, 5.74) is -2.25. The van der Waals surface area contributed by atoms with Crippen molar-refractivity contribution in [1.82, 2.24) is 15.2 Å². The van der Waals surface area contributed by atoms with Gasteiger partial charge in [0.15, 0.2) is 5.72 Å². The van der Waals surface area contributed by atoms with Gasteiger partial charge >= 0.3 is 6.18 Å². The van der Waals surface area contributed by atoms with Crippen LogP contribution in [0.4, 0.5) is 24.7 Å². The summed E-state index contributed by atoms with van der Waals surface area (Å²) in [6.45, 7) is -0.299. The molecule has 1 spiro atoms. The van der Waals surface area contributed by atoms with Crippen LogP contribution in [-0.4, -0.2) is 64.2 Å². The number of alkyl halides is 3. The Kier molecular flexibility index (Phi) is 5.78. The summed E-state index contributed by atoms with van der Waals surface area (Å²) < 4.78 is 41.3. The molecule has 4 aliphatic rings. The number of aliphatic hydroxyl groups is 1. The molecule has 4 N–H and O–H groups in total. The van der Waals surface area contributed by atoms with Crippen LogP contribution < -0.4 is 16.0 Å². The number of carbonyl (C=O) groups is 3. The molecule has 2 aliphatic carbocycles. The van der Waals surface area contributed by atoms with E-state index in [1.54, 1.807) is 24.4 Å². The van der Waals surface area contributed by atoms with Crippen molar-refractivity contribution in [3.8, 4) is 0 Å². The number of rotatable bonds is 5. The number of piperidine rings is 1. The molecule has 0 bridgehead atoms. The second-order valence-electron chi connectivity index (χ2n) is 11.1. The number of pyridine rings is 1. The van der Waals surface area contributed by atoms with Crippen LogP contribution in [0.15, 0.2) is 36.5 Å². The molecule has 2 fully saturated rings. The van der Waals surface area contributed by atoms with Crippen molar-refractivity contribution in [3.05, 3.63) is 53.2 Å². The van der Waals surface area contributed by atoms with Gasteiger partial charge in [0.25, 0.3) is 0 Å². The summed E-state index contributed by atoms with van der Waals surface area (Å²) in [7, 11) is 0. The first-order valence-electron chi connectivity index (χ1n) is 13.0. The third kappa shape index (κ3) is 4.08. The number of β-amino-alcohol motifs (C(OH)–C–C–N with tert-alkyl or cyclic N) is 1. The molecule has 2 atom stereocenters. The van der Waals surface area contributed by atoms with E-state index in [4.69, 9.17) is 0 Å². The van der Waals surface area contributed by atoms with E-state index in [-0.39, 0.29) is 31.7 Å². The van der Waals surface area contributed by atoms with Gasteiger partial charge in [0.2, 0.25) is 17.7 Å². The summed E-state index contributed by atoms with van der Waals surface area (Å²) in [6.07, 6.45) is -2.50. The molecule has 0 radical (unpaired) electrons. The molecular formula is C27H28F3N5O4. The van der Waals surface area contributed by atoms with E-state index in [2.05, 4.69) is 20.9 Å². The lowest BCUT2D eigenvalue weighted by Gasteiger charge is -2.43. The second-order valence-corrected chi connectivity index (χ2v) is 11.1. The van der Waals surface area contributed by atoms with Crippen molar-refractivity contribution in [2.45, 2.75) is 55.8 Å². The highest BCUT2D eigenvalue weighted by atomic mass is 19.4. The fraction of sp³-hybridized carbons (Fsp3) is 0.481.